The van der Waals surface area contributed by atoms with Crippen LogP contribution in [0.4, 0.5) is 0 Å². The Morgan fingerprint density at radius 3 is 3.33 bits per heavy atom. The summed E-state index contributed by atoms with van der Waals surface area (Å²) >= 11 is 0. The van der Waals surface area contributed by atoms with Gasteiger partial charge in [-0.2, -0.15) is 0 Å². The highest BCUT2D eigenvalue weighted by Gasteiger charge is 2.32. The van der Waals surface area contributed by atoms with Gasteiger partial charge in [-0.3, -0.25) is 4.79 Å². The van der Waals surface area contributed by atoms with E-state index >= 15 is 0 Å². The lowest BCUT2D eigenvalue weighted by molar-refractivity contribution is -0.141. The van der Waals surface area contributed by atoms with E-state index in [1.807, 2.05) is 0 Å². The first-order chi connectivity index (χ1) is 4.36. The molecule has 3 nitrogen and oxygen atoms in total. The Balaban J connectivity index is 2.29. The Bertz CT molecular complexity index is 173. The van der Waals surface area contributed by atoms with E-state index in [9.17, 15) is 4.79 Å². The molecule has 2 heterocycles. The van der Waals surface area contributed by atoms with Crippen LogP contribution in [0.1, 0.15) is 0 Å². The van der Waals surface area contributed by atoms with Crippen LogP contribution in [0.2, 0.25) is 0 Å². The number of fused-ring (bicyclic) bond motifs is 2. The second kappa shape index (κ2) is 1.65. The number of ether oxygens (including phenoxy) is 2. The summed E-state index contributed by atoms with van der Waals surface area (Å²) in [6.45, 7) is 0.521. The summed E-state index contributed by atoms with van der Waals surface area (Å²) in [5.41, 5.74) is 0. The molecule has 0 aliphatic carbocycles. The van der Waals surface area contributed by atoms with Gasteiger partial charge in [0.15, 0.2) is 0 Å². The highest BCUT2D eigenvalue weighted by molar-refractivity contribution is 5.93. The Labute approximate surface area is 52.3 Å². The summed E-state index contributed by atoms with van der Waals surface area (Å²) in [5, 5.41) is 0. The minimum atomic E-state index is -0.597. The Morgan fingerprint density at radius 1 is 1.67 bits per heavy atom. The lowest BCUT2D eigenvalue weighted by Crippen LogP contribution is -2.23. The van der Waals surface area contributed by atoms with Crippen molar-refractivity contribution in [2.24, 2.45) is 0 Å². The smallest absolute Gasteiger partial charge is 0.222 e. The van der Waals surface area contributed by atoms with Gasteiger partial charge in [0.1, 0.15) is 6.10 Å². The molecule has 0 aromatic heterocycles. The van der Waals surface area contributed by atoms with Gasteiger partial charge in [-0.25, -0.2) is 0 Å². The average molecular weight is 126 g/mol. The van der Waals surface area contributed by atoms with Crippen molar-refractivity contribution in [1.29, 1.82) is 0 Å². The number of hydrogen-bond donors (Lipinski definition) is 0. The molecule has 0 spiro atoms. The summed E-state index contributed by atoms with van der Waals surface area (Å²) in [5.74, 6) is -0.0799. The first-order valence-corrected chi connectivity index (χ1v) is 2.85. The summed E-state index contributed by atoms with van der Waals surface area (Å²) in [7, 11) is 0. The average Bonchev–Trinajstić information content (AvgIpc) is 2.25. The van der Waals surface area contributed by atoms with Crippen molar-refractivity contribution in [2.45, 2.75) is 12.4 Å². The van der Waals surface area contributed by atoms with Crippen LogP contribution < -0.4 is 0 Å². The topological polar surface area (TPSA) is 35.5 Å². The van der Waals surface area contributed by atoms with Gasteiger partial charge in [-0.1, -0.05) is 0 Å². The first kappa shape index (κ1) is 5.14. The largest absolute Gasteiger partial charge is 0.343 e. The van der Waals surface area contributed by atoms with E-state index in [2.05, 4.69) is 0 Å². The molecule has 48 valence electrons. The monoisotopic (exact) mass is 126 g/mol. The Kier molecular flexibility index (Phi) is 0.944. The maximum Gasteiger partial charge on any atom is 0.222 e. The van der Waals surface area contributed by atoms with E-state index < -0.39 is 6.29 Å². The standard InChI is InChI=1S/C6H6O3/c7-5-2-1-4-3-8-6(5)9-4/h1-2,4,6H,3H2/t4-,6+/m0/s1. The quantitative estimate of drug-likeness (QED) is 0.453. The normalized spacial score (nSPS) is 39.8. The van der Waals surface area contributed by atoms with Crippen molar-refractivity contribution in [3.05, 3.63) is 12.2 Å². The van der Waals surface area contributed by atoms with Crippen molar-refractivity contribution in [3.63, 3.8) is 0 Å². The van der Waals surface area contributed by atoms with Gasteiger partial charge in [0, 0.05) is 0 Å². The maximum absolute atomic E-state index is 10.7. The molecule has 1 fully saturated rings. The zero-order valence-electron chi connectivity index (χ0n) is 4.74. The first-order valence-electron chi connectivity index (χ1n) is 2.85. The van der Waals surface area contributed by atoms with Crippen molar-refractivity contribution < 1.29 is 14.3 Å². The third-order valence-electron chi connectivity index (χ3n) is 1.42. The number of carbonyl (C=O) groups excluding carboxylic acids is 1. The number of ketones is 1. The van der Waals surface area contributed by atoms with Crippen molar-refractivity contribution >= 4 is 5.78 Å². The maximum atomic E-state index is 10.7. The predicted molar refractivity (Wildman–Crippen MR) is 28.8 cm³/mol. The molecular weight excluding hydrogens is 120 g/mol. The third-order valence-corrected chi connectivity index (χ3v) is 1.42. The zero-order chi connectivity index (χ0) is 6.27. The Hall–Kier alpha value is -0.670. The van der Waals surface area contributed by atoms with Gasteiger partial charge in [0.25, 0.3) is 0 Å². The van der Waals surface area contributed by atoms with Gasteiger partial charge in [-0.15, -0.1) is 0 Å². The molecular formula is C6H6O3. The van der Waals surface area contributed by atoms with Gasteiger partial charge < -0.3 is 9.47 Å². The van der Waals surface area contributed by atoms with Gasteiger partial charge >= 0.3 is 0 Å². The van der Waals surface area contributed by atoms with Crippen LogP contribution in [0, 0.1) is 0 Å². The van der Waals surface area contributed by atoms with Gasteiger partial charge in [-0.05, 0) is 12.2 Å². The van der Waals surface area contributed by atoms with Crippen molar-refractivity contribution in [3.8, 4) is 0 Å². The SMILES string of the molecule is O=C1C=C[C@H]2CO[C@@H]1O2. The minimum Gasteiger partial charge on any atom is -0.343 e. The molecule has 0 aromatic carbocycles. The molecule has 2 atom stereocenters. The van der Waals surface area contributed by atoms with E-state index in [0.29, 0.717) is 6.61 Å². The van der Waals surface area contributed by atoms with E-state index in [1.54, 1.807) is 6.08 Å². The fourth-order valence-electron chi connectivity index (χ4n) is 0.950. The minimum absolute atomic E-state index is 0.0210. The van der Waals surface area contributed by atoms with E-state index in [4.69, 9.17) is 9.47 Å². The molecule has 9 heavy (non-hydrogen) atoms. The number of rotatable bonds is 0. The second-order valence-corrected chi connectivity index (χ2v) is 2.10. The molecule has 0 amide bonds. The fraction of sp³-hybridized carbons (Fsp3) is 0.500. The van der Waals surface area contributed by atoms with Crippen LogP contribution in [0.3, 0.4) is 0 Å². The molecule has 2 aliphatic rings. The fourth-order valence-corrected chi connectivity index (χ4v) is 0.950. The molecule has 1 saturated heterocycles. The van der Waals surface area contributed by atoms with Crippen LogP contribution in [-0.4, -0.2) is 24.8 Å². The highest BCUT2D eigenvalue weighted by Crippen LogP contribution is 2.17. The molecule has 0 N–H and O–H groups in total. The molecule has 0 radical (unpaired) electrons. The molecule has 3 heteroatoms. The second-order valence-electron chi connectivity index (χ2n) is 2.10. The lowest BCUT2D eigenvalue weighted by Gasteiger charge is -2.09. The summed E-state index contributed by atoms with van der Waals surface area (Å²) in [6.07, 6.45) is 2.67. The van der Waals surface area contributed by atoms with Gasteiger partial charge in [0.05, 0.1) is 6.61 Å². The van der Waals surface area contributed by atoms with E-state index in [1.165, 1.54) is 6.08 Å². The van der Waals surface area contributed by atoms with Crippen LogP contribution in [-0.2, 0) is 14.3 Å². The van der Waals surface area contributed by atoms with Crippen LogP contribution in [0.25, 0.3) is 0 Å². The Morgan fingerprint density at radius 2 is 2.56 bits per heavy atom. The van der Waals surface area contributed by atoms with Crippen LogP contribution in [0.15, 0.2) is 12.2 Å². The van der Waals surface area contributed by atoms with Crippen molar-refractivity contribution in [2.75, 3.05) is 6.61 Å². The number of hydrogen-bond acceptors (Lipinski definition) is 3. The summed E-state index contributed by atoms with van der Waals surface area (Å²) in [4.78, 5) is 10.7. The van der Waals surface area contributed by atoms with Crippen LogP contribution >= 0.6 is 0 Å². The highest BCUT2D eigenvalue weighted by atomic mass is 16.7. The zero-order valence-corrected chi connectivity index (χ0v) is 4.74. The third kappa shape index (κ3) is 0.693. The van der Waals surface area contributed by atoms with E-state index in [0.717, 1.165) is 0 Å². The molecule has 0 saturated carbocycles. The summed E-state index contributed by atoms with van der Waals surface area (Å²) in [6, 6.07) is 0. The summed E-state index contributed by atoms with van der Waals surface area (Å²) < 4.78 is 10.0. The molecule has 0 aromatic rings. The van der Waals surface area contributed by atoms with Crippen LogP contribution in [0.5, 0.6) is 0 Å². The molecule has 2 aliphatic heterocycles. The molecule has 0 unspecified atom stereocenters. The predicted octanol–water partition coefficient (Wildman–Crippen LogP) is -0.133. The van der Waals surface area contributed by atoms with Crippen molar-refractivity contribution in [1.82, 2.24) is 0 Å². The van der Waals surface area contributed by atoms with Gasteiger partial charge in [0.2, 0.25) is 12.1 Å². The van der Waals surface area contributed by atoms with E-state index in [-0.39, 0.29) is 11.9 Å². The molecule has 2 rings (SSSR count). The lowest BCUT2D eigenvalue weighted by atomic mass is 10.2. The number of carbonyl (C=O) groups is 1. The molecule has 2 bridgehead atoms.